The van der Waals surface area contributed by atoms with E-state index >= 15 is 0 Å². The Balaban J connectivity index is 2.52. The van der Waals surface area contributed by atoms with E-state index in [0.717, 1.165) is 16.3 Å². The highest BCUT2D eigenvalue weighted by Gasteiger charge is 2.13. The number of hydrogen-bond donors (Lipinski definition) is 2. The molecule has 2 atom stereocenters. The van der Waals surface area contributed by atoms with Crippen LogP contribution in [0.1, 0.15) is 25.5 Å². The third-order valence-corrected chi connectivity index (χ3v) is 2.83. The molecule has 2 N–H and O–H groups in total. The number of aliphatic hydroxyl groups excluding tert-OH is 2. The lowest BCUT2D eigenvalue weighted by molar-refractivity contribution is 0.119. The van der Waals surface area contributed by atoms with Gasteiger partial charge in [0.2, 0.25) is 0 Å². The molecule has 0 heterocycles. The van der Waals surface area contributed by atoms with Crippen LogP contribution in [0.5, 0.6) is 5.75 Å². The van der Waals surface area contributed by atoms with Crippen molar-refractivity contribution in [2.45, 2.75) is 26.1 Å². The summed E-state index contributed by atoms with van der Waals surface area (Å²) < 4.78 is 5.66. The monoisotopic (exact) mass is 246 g/mol. The summed E-state index contributed by atoms with van der Waals surface area (Å²) in [5.41, 5.74) is 0.745. The zero-order valence-corrected chi connectivity index (χ0v) is 10.6. The molecule has 2 rings (SSSR count). The van der Waals surface area contributed by atoms with E-state index in [0.29, 0.717) is 5.75 Å². The molecule has 0 aliphatic carbocycles. The number of ether oxygens (including phenoxy) is 1. The fourth-order valence-corrected chi connectivity index (χ4v) is 1.95. The molecule has 0 bridgehead atoms. The van der Waals surface area contributed by atoms with Crippen molar-refractivity contribution < 1.29 is 14.9 Å². The van der Waals surface area contributed by atoms with Gasteiger partial charge in [0.25, 0.3) is 0 Å². The normalized spacial score (nSPS) is 14.4. The lowest BCUT2D eigenvalue weighted by Crippen LogP contribution is -2.14. The van der Waals surface area contributed by atoms with Crippen molar-refractivity contribution in [2.75, 3.05) is 6.61 Å². The molecule has 0 aliphatic rings. The molecule has 0 saturated carbocycles. The van der Waals surface area contributed by atoms with Crippen LogP contribution in [0.25, 0.3) is 10.8 Å². The van der Waals surface area contributed by atoms with E-state index in [2.05, 4.69) is 0 Å². The van der Waals surface area contributed by atoms with E-state index in [4.69, 9.17) is 4.74 Å². The van der Waals surface area contributed by atoms with Crippen molar-refractivity contribution in [3.63, 3.8) is 0 Å². The fraction of sp³-hybridized carbons (Fsp3) is 0.333. The van der Waals surface area contributed by atoms with Crippen molar-refractivity contribution in [1.82, 2.24) is 0 Å². The van der Waals surface area contributed by atoms with E-state index in [1.807, 2.05) is 36.4 Å². The minimum Gasteiger partial charge on any atom is -0.490 e. The van der Waals surface area contributed by atoms with Crippen molar-refractivity contribution in [3.8, 4) is 5.75 Å². The smallest absolute Gasteiger partial charge is 0.133 e. The van der Waals surface area contributed by atoms with Gasteiger partial charge in [-0.2, -0.15) is 0 Å². The van der Waals surface area contributed by atoms with Gasteiger partial charge in [-0.3, -0.25) is 0 Å². The zero-order chi connectivity index (χ0) is 13.1. The lowest BCUT2D eigenvalue weighted by atomic mass is 10.0. The Kier molecular flexibility index (Phi) is 3.84. The zero-order valence-electron chi connectivity index (χ0n) is 10.6. The standard InChI is InChI=1S/C15H18O3/c1-10(16)9-18-15-13(11(2)17)8-7-12-5-3-4-6-14(12)15/h3-8,10-11,16-17H,9H2,1-2H3. The molecule has 2 aromatic carbocycles. The van der Waals surface area contributed by atoms with Gasteiger partial charge < -0.3 is 14.9 Å². The highest BCUT2D eigenvalue weighted by atomic mass is 16.5. The van der Waals surface area contributed by atoms with Crippen molar-refractivity contribution >= 4 is 10.8 Å². The van der Waals surface area contributed by atoms with Crippen molar-refractivity contribution in [1.29, 1.82) is 0 Å². The lowest BCUT2D eigenvalue weighted by Gasteiger charge is -2.17. The molecular formula is C15H18O3. The SMILES string of the molecule is CC(O)COc1c(C(C)O)ccc2ccccc12. The maximum absolute atomic E-state index is 9.79. The second kappa shape index (κ2) is 5.38. The molecule has 0 saturated heterocycles. The van der Waals surface area contributed by atoms with Crippen LogP contribution in [-0.4, -0.2) is 22.9 Å². The molecule has 3 heteroatoms. The summed E-state index contributed by atoms with van der Waals surface area (Å²) in [5, 5.41) is 21.1. The molecule has 0 radical (unpaired) electrons. The molecule has 18 heavy (non-hydrogen) atoms. The summed E-state index contributed by atoms with van der Waals surface area (Å²) in [4.78, 5) is 0. The van der Waals surface area contributed by atoms with E-state index < -0.39 is 12.2 Å². The number of rotatable bonds is 4. The minimum atomic E-state index is -0.599. The van der Waals surface area contributed by atoms with Gasteiger partial charge in [0.15, 0.2) is 0 Å². The van der Waals surface area contributed by atoms with Gasteiger partial charge in [0.05, 0.1) is 12.2 Å². The van der Waals surface area contributed by atoms with Crippen LogP contribution in [0.4, 0.5) is 0 Å². The Morgan fingerprint density at radius 1 is 1.06 bits per heavy atom. The van der Waals surface area contributed by atoms with Gasteiger partial charge in [-0.15, -0.1) is 0 Å². The van der Waals surface area contributed by atoms with Crippen LogP contribution in [-0.2, 0) is 0 Å². The minimum absolute atomic E-state index is 0.216. The van der Waals surface area contributed by atoms with Gasteiger partial charge in [0, 0.05) is 10.9 Å². The number of aliphatic hydroxyl groups is 2. The Labute approximate surface area is 107 Å². The third-order valence-electron chi connectivity index (χ3n) is 2.83. The molecule has 0 aliphatic heterocycles. The average Bonchev–Trinajstić information content (AvgIpc) is 2.35. The molecule has 0 fully saturated rings. The first kappa shape index (κ1) is 12.9. The van der Waals surface area contributed by atoms with Crippen LogP contribution < -0.4 is 4.74 Å². The molecule has 2 aromatic rings. The van der Waals surface area contributed by atoms with Crippen LogP contribution in [0, 0.1) is 0 Å². The topological polar surface area (TPSA) is 49.7 Å². The van der Waals surface area contributed by atoms with E-state index in [-0.39, 0.29) is 6.61 Å². The van der Waals surface area contributed by atoms with Crippen LogP contribution in [0.2, 0.25) is 0 Å². The van der Waals surface area contributed by atoms with Crippen molar-refractivity contribution in [2.24, 2.45) is 0 Å². The molecule has 0 amide bonds. The summed E-state index contributed by atoms with van der Waals surface area (Å²) in [7, 11) is 0. The fourth-order valence-electron chi connectivity index (χ4n) is 1.95. The van der Waals surface area contributed by atoms with Gasteiger partial charge in [-0.1, -0.05) is 36.4 Å². The average molecular weight is 246 g/mol. The first-order chi connectivity index (χ1) is 8.59. The van der Waals surface area contributed by atoms with Gasteiger partial charge in [-0.25, -0.2) is 0 Å². The number of hydrogen-bond acceptors (Lipinski definition) is 3. The third kappa shape index (κ3) is 2.63. The van der Waals surface area contributed by atoms with Crippen molar-refractivity contribution in [3.05, 3.63) is 42.0 Å². The summed E-state index contributed by atoms with van der Waals surface area (Å²) >= 11 is 0. The Morgan fingerprint density at radius 3 is 2.44 bits per heavy atom. The second-order valence-corrected chi connectivity index (χ2v) is 4.54. The predicted octanol–water partition coefficient (Wildman–Crippen LogP) is 2.65. The highest BCUT2D eigenvalue weighted by Crippen LogP contribution is 2.33. The molecule has 0 aromatic heterocycles. The van der Waals surface area contributed by atoms with Crippen LogP contribution in [0.3, 0.4) is 0 Å². The summed E-state index contributed by atoms with van der Waals surface area (Å²) in [6.45, 7) is 3.60. The van der Waals surface area contributed by atoms with E-state index in [1.54, 1.807) is 13.8 Å². The Bertz CT molecular complexity index is 532. The van der Waals surface area contributed by atoms with E-state index in [9.17, 15) is 10.2 Å². The Hall–Kier alpha value is -1.58. The maximum atomic E-state index is 9.79. The second-order valence-electron chi connectivity index (χ2n) is 4.54. The number of benzene rings is 2. The molecular weight excluding hydrogens is 228 g/mol. The Morgan fingerprint density at radius 2 is 1.78 bits per heavy atom. The molecule has 0 spiro atoms. The first-order valence-electron chi connectivity index (χ1n) is 6.10. The quantitative estimate of drug-likeness (QED) is 0.872. The van der Waals surface area contributed by atoms with Gasteiger partial charge >= 0.3 is 0 Å². The van der Waals surface area contributed by atoms with E-state index in [1.165, 1.54) is 0 Å². The van der Waals surface area contributed by atoms with Gasteiger partial charge in [-0.05, 0) is 19.2 Å². The summed E-state index contributed by atoms with van der Waals surface area (Å²) in [6.07, 6.45) is -1.13. The first-order valence-corrected chi connectivity index (χ1v) is 6.10. The summed E-state index contributed by atoms with van der Waals surface area (Å²) in [5.74, 6) is 0.656. The number of fused-ring (bicyclic) bond motifs is 1. The molecule has 96 valence electrons. The highest BCUT2D eigenvalue weighted by molar-refractivity contribution is 5.89. The van der Waals surface area contributed by atoms with Gasteiger partial charge in [0.1, 0.15) is 12.4 Å². The largest absolute Gasteiger partial charge is 0.490 e. The molecule has 3 nitrogen and oxygen atoms in total. The maximum Gasteiger partial charge on any atom is 0.133 e. The van der Waals surface area contributed by atoms with Crippen LogP contribution >= 0.6 is 0 Å². The van der Waals surface area contributed by atoms with Crippen LogP contribution in [0.15, 0.2) is 36.4 Å². The molecule has 2 unspecified atom stereocenters. The predicted molar refractivity (Wildman–Crippen MR) is 71.8 cm³/mol. The summed E-state index contributed by atoms with van der Waals surface area (Å²) in [6, 6.07) is 11.7.